The molecular formula is C12H15BrN2OS. The number of ether oxygens (including phenoxy) is 1. The van der Waals surface area contributed by atoms with Crippen LogP contribution in [0.2, 0.25) is 0 Å². The topological polar surface area (TPSA) is 34.2 Å². The van der Waals surface area contributed by atoms with Crippen molar-refractivity contribution in [3.63, 3.8) is 0 Å². The van der Waals surface area contributed by atoms with Gasteiger partial charge in [-0.15, -0.1) is 0 Å². The van der Waals surface area contributed by atoms with E-state index in [1.165, 1.54) is 0 Å². The molecule has 0 radical (unpaired) electrons. The van der Waals surface area contributed by atoms with E-state index in [1.807, 2.05) is 13.0 Å². The summed E-state index contributed by atoms with van der Waals surface area (Å²) in [6.07, 6.45) is 1.10. The van der Waals surface area contributed by atoms with Gasteiger partial charge in [0.2, 0.25) is 0 Å². The van der Waals surface area contributed by atoms with E-state index < -0.39 is 0 Å². The minimum absolute atomic E-state index is 0.654. The quantitative estimate of drug-likeness (QED) is 0.894. The second-order valence-electron chi connectivity index (χ2n) is 3.63. The van der Waals surface area contributed by atoms with Crippen LogP contribution in [0.15, 0.2) is 16.6 Å². The van der Waals surface area contributed by atoms with Crippen molar-refractivity contribution in [2.45, 2.75) is 20.3 Å². The summed E-state index contributed by atoms with van der Waals surface area (Å²) < 4.78 is 7.77. The van der Waals surface area contributed by atoms with E-state index >= 15 is 0 Å². The van der Waals surface area contributed by atoms with E-state index in [2.05, 4.69) is 39.2 Å². The average molecular weight is 315 g/mol. The van der Waals surface area contributed by atoms with E-state index in [0.29, 0.717) is 6.61 Å². The Hall–Kier alpha value is -0.810. The summed E-state index contributed by atoms with van der Waals surface area (Å²) in [7, 11) is 0. The zero-order chi connectivity index (χ0) is 12.3. The first kappa shape index (κ1) is 12.6. The molecule has 0 fully saturated rings. The minimum atomic E-state index is 0.654. The Morgan fingerprint density at radius 1 is 1.41 bits per heavy atom. The third-order valence-electron chi connectivity index (χ3n) is 2.25. The summed E-state index contributed by atoms with van der Waals surface area (Å²) in [6.45, 7) is 5.73. The van der Waals surface area contributed by atoms with Gasteiger partial charge in [0.05, 0.1) is 11.3 Å². The SMILES string of the molecule is CCCNc1nc2c(OCC)cc(Br)cc2s1. The van der Waals surface area contributed by atoms with Crippen LogP contribution in [-0.2, 0) is 0 Å². The third kappa shape index (κ3) is 2.90. The Morgan fingerprint density at radius 2 is 2.24 bits per heavy atom. The minimum Gasteiger partial charge on any atom is -0.492 e. The molecule has 0 amide bonds. The fourth-order valence-corrected chi connectivity index (χ4v) is 3.08. The third-order valence-corrected chi connectivity index (χ3v) is 3.67. The van der Waals surface area contributed by atoms with Gasteiger partial charge in [0.15, 0.2) is 5.13 Å². The molecular weight excluding hydrogens is 300 g/mol. The van der Waals surface area contributed by atoms with Crippen LogP contribution in [-0.4, -0.2) is 18.1 Å². The number of aromatic nitrogens is 1. The molecule has 0 saturated heterocycles. The Balaban J connectivity index is 2.40. The molecule has 92 valence electrons. The number of hydrogen-bond acceptors (Lipinski definition) is 4. The first-order valence-corrected chi connectivity index (χ1v) is 7.32. The van der Waals surface area contributed by atoms with Gasteiger partial charge >= 0.3 is 0 Å². The molecule has 0 spiro atoms. The highest BCUT2D eigenvalue weighted by Gasteiger charge is 2.10. The van der Waals surface area contributed by atoms with Crippen molar-refractivity contribution in [1.29, 1.82) is 0 Å². The molecule has 0 aliphatic carbocycles. The van der Waals surface area contributed by atoms with Crippen molar-refractivity contribution in [3.8, 4) is 5.75 Å². The zero-order valence-electron chi connectivity index (χ0n) is 9.92. The van der Waals surface area contributed by atoms with Crippen LogP contribution in [0.25, 0.3) is 10.2 Å². The van der Waals surface area contributed by atoms with Crippen LogP contribution < -0.4 is 10.1 Å². The first-order chi connectivity index (χ1) is 8.24. The Bertz CT molecular complexity index is 512. The number of fused-ring (bicyclic) bond motifs is 1. The molecule has 1 heterocycles. The highest BCUT2D eigenvalue weighted by molar-refractivity contribution is 9.10. The van der Waals surface area contributed by atoms with Gasteiger partial charge in [0.1, 0.15) is 11.3 Å². The second-order valence-corrected chi connectivity index (χ2v) is 5.58. The van der Waals surface area contributed by atoms with Crippen LogP contribution in [0.1, 0.15) is 20.3 Å². The number of halogens is 1. The van der Waals surface area contributed by atoms with Gasteiger partial charge in [-0.2, -0.15) is 0 Å². The van der Waals surface area contributed by atoms with E-state index in [4.69, 9.17) is 4.74 Å². The second kappa shape index (κ2) is 5.69. The zero-order valence-corrected chi connectivity index (χ0v) is 12.3. The van der Waals surface area contributed by atoms with Gasteiger partial charge in [-0.3, -0.25) is 0 Å². The van der Waals surface area contributed by atoms with Crippen molar-refractivity contribution >= 4 is 42.6 Å². The molecule has 5 heteroatoms. The van der Waals surface area contributed by atoms with Crippen molar-refractivity contribution in [2.24, 2.45) is 0 Å². The molecule has 0 aliphatic rings. The number of nitrogens with zero attached hydrogens (tertiary/aromatic N) is 1. The molecule has 3 nitrogen and oxygen atoms in total. The largest absolute Gasteiger partial charge is 0.492 e. The molecule has 0 bridgehead atoms. The van der Waals surface area contributed by atoms with Crippen LogP contribution in [0, 0.1) is 0 Å². The lowest BCUT2D eigenvalue weighted by molar-refractivity contribution is 0.343. The lowest BCUT2D eigenvalue weighted by Gasteiger charge is -2.03. The summed E-state index contributed by atoms with van der Waals surface area (Å²) in [5, 5.41) is 4.27. The molecule has 1 aromatic heterocycles. The van der Waals surface area contributed by atoms with Crippen molar-refractivity contribution in [2.75, 3.05) is 18.5 Å². The average Bonchev–Trinajstić information content (AvgIpc) is 2.69. The first-order valence-electron chi connectivity index (χ1n) is 5.71. The van der Waals surface area contributed by atoms with Gasteiger partial charge in [-0.05, 0) is 25.5 Å². The standard InChI is InChI=1S/C12H15BrN2OS/c1-3-5-14-12-15-11-9(16-4-2)6-8(13)7-10(11)17-12/h6-7H,3-5H2,1-2H3,(H,14,15). The monoisotopic (exact) mass is 314 g/mol. The predicted octanol–water partition coefficient (Wildman–Crippen LogP) is 4.28. The van der Waals surface area contributed by atoms with Gasteiger partial charge in [0.25, 0.3) is 0 Å². The lowest BCUT2D eigenvalue weighted by Crippen LogP contribution is -1.98. The van der Waals surface area contributed by atoms with Crippen molar-refractivity contribution in [3.05, 3.63) is 16.6 Å². The number of benzene rings is 1. The fourth-order valence-electron chi connectivity index (χ4n) is 1.54. The summed E-state index contributed by atoms with van der Waals surface area (Å²) in [4.78, 5) is 4.57. The van der Waals surface area contributed by atoms with Crippen molar-refractivity contribution in [1.82, 2.24) is 4.98 Å². The van der Waals surface area contributed by atoms with E-state index in [-0.39, 0.29) is 0 Å². The normalized spacial score (nSPS) is 10.8. The van der Waals surface area contributed by atoms with Gasteiger partial charge in [-0.25, -0.2) is 4.98 Å². The van der Waals surface area contributed by atoms with Gasteiger partial charge in [-0.1, -0.05) is 34.2 Å². The number of rotatable bonds is 5. The van der Waals surface area contributed by atoms with Gasteiger partial charge in [0, 0.05) is 11.0 Å². The van der Waals surface area contributed by atoms with Crippen LogP contribution in [0.3, 0.4) is 0 Å². The molecule has 0 unspecified atom stereocenters. The summed E-state index contributed by atoms with van der Waals surface area (Å²) in [5.41, 5.74) is 0.943. The summed E-state index contributed by atoms with van der Waals surface area (Å²) in [5.74, 6) is 0.845. The molecule has 0 aliphatic heterocycles. The maximum Gasteiger partial charge on any atom is 0.183 e. The number of thiazole rings is 1. The fraction of sp³-hybridized carbons (Fsp3) is 0.417. The summed E-state index contributed by atoms with van der Waals surface area (Å²) in [6, 6.07) is 4.04. The molecule has 1 N–H and O–H groups in total. The van der Waals surface area contributed by atoms with Gasteiger partial charge < -0.3 is 10.1 Å². The van der Waals surface area contributed by atoms with Crippen LogP contribution in [0.5, 0.6) is 5.75 Å². The van der Waals surface area contributed by atoms with E-state index in [9.17, 15) is 0 Å². The van der Waals surface area contributed by atoms with E-state index in [0.717, 1.165) is 38.5 Å². The predicted molar refractivity (Wildman–Crippen MR) is 77.3 cm³/mol. The Morgan fingerprint density at radius 3 is 2.94 bits per heavy atom. The van der Waals surface area contributed by atoms with Crippen molar-refractivity contribution < 1.29 is 4.74 Å². The summed E-state index contributed by atoms with van der Waals surface area (Å²) >= 11 is 5.15. The molecule has 1 aromatic carbocycles. The van der Waals surface area contributed by atoms with E-state index in [1.54, 1.807) is 11.3 Å². The molecule has 2 rings (SSSR count). The molecule has 2 aromatic rings. The highest BCUT2D eigenvalue weighted by Crippen LogP contribution is 2.35. The number of anilines is 1. The number of nitrogens with one attached hydrogen (secondary N) is 1. The van der Waals surface area contributed by atoms with Crippen LogP contribution in [0.4, 0.5) is 5.13 Å². The maximum absolute atomic E-state index is 5.60. The highest BCUT2D eigenvalue weighted by atomic mass is 79.9. The number of hydrogen-bond donors (Lipinski definition) is 1. The smallest absolute Gasteiger partial charge is 0.183 e. The lowest BCUT2D eigenvalue weighted by atomic mass is 10.3. The maximum atomic E-state index is 5.60. The molecule has 17 heavy (non-hydrogen) atoms. The molecule has 0 atom stereocenters. The van der Waals surface area contributed by atoms with Crippen LogP contribution >= 0.6 is 27.3 Å². The molecule has 0 saturated carbocycles. The Kier molecular flexibility index (Phi) is 4.23. The Labute approximate surface area is 113 Å².